The van der Waals surface area contributed by atoms with Crippen molar-refractivity contribution in [3.8, 4) is 5.82 Å². The molecule has 0 saturated carbocycles. The number of halogens is 1. The third kappa shape index (κ3) is 3.45. The smallest absolute Gasteiger partial charge is 0.289 e. The van der Waals surface area contributed by atoms with Crippen molar-refractivity contribution < 1.29 is 9.72 Å². The second-order valence-electron chi connectivity index (χ2n) is 5.00. The van der Waals surface area contributed by atoms with Gasteiger partial charge in [-0.3, -0.25) is 19.5 Å². The molecule has 10 heteroatoms. The number of nitro groups is 1. The number of nitrogens with one attached hydrogen (secondary N) is 1. The molecule has 0 radical (unpaired) electrons. The van der Waals surface area contributed by atoms with E-state index in [-0.39, 0.29) is 22.1 Å². The number of hydrogen-bond acceptors (Lipinski definition) is 6. The number of aromatic nitrogens is 4. The lowest BCUT2D eigenvalue weighted by Crippen LogP contribution is -2.15. The van der Waals surface area contributed by atoms with Crippen molar-refractivity contribution in [2.45, 2.75) is 6.92 Å². The van der Waals surface area contributed by atoms with Crippen LogP contribution in [-0.4, -0.2) is 30.6 Å². The minimum absolute atomic E-state index is 0.0113. The lowest BCUT2D eigenvalue weighted by Gasteiger charge is -2.06. The van der Waals surface area contributed by atoms with Crippen molar-refractivity contribution in [3.05, 3.63) is 69.4 Å². The number of amides is 1. The number of imidazole rings is 1. The number of rotatable bonds is 4. The quantitative estimate of drug-likeness (QED) is 0.566. The minimum atomic E-state index is -0.625. The fourth-order valence-electron chi connectivity index (χ4n) is 2.12. The highest BCUT2D eigenvalue weighted by molar-refractivity contribution is 6.32. The molecule has 0 aliphatic heterocycles. The van der Waals surface area contributed by atoms with Gasteiger partial charge in [-0.2, -0.15) is 0 Å². The Hall–Kier alpha value is -3.33. The molecule has 1 aromatic carbocycles. The van der Waals surface area contributed by atoms with Gasteiger partial charge in [-0.05, 0) is 31.2 Å². The van der Waals surface area contributed by atoms with Gasteiger partial charge in [0.1, 0.15) is 10.8 Å². The first-order valence-corrected chi connectivity index (χ1v) is 7.43. The van der Waals surface area contributed by atoms with E-state index < -0.39 is 10.8 Å². The molecule has 2 aromatic heterocycles. The van der Waals surface area contributed by atoms with E-state index in [1.807, 2.05) is 6.92 Å². The second kappa shape index (κ2) is 6.65. The molecule has 0 fully saturated rings. The molecule has 3 rings (SSSR count). The van der Waals surface area contributed by atoms with Gasteiger partial charge in [-0.15, -0.1) is 10.2 Å². The van der Waals surface area contributed by atoms with Crippen LogP contribution in [0.4, 0.5) is 11.4 Å². The molecule has 0 spiro atoms. The van der Waals surface area contributed by atoms with E-state index in [0.29, 0.717) is 5.82 Å². The molecule has 3 aromatic rings. The summed E-state index contributed by atoms with van der Waals surface area (Å²) < 4.78 is 1.72. The Morgan fingerprint density at radius 1 is 1.28 bits per heavy atom. The number of nitrogens with zero attached hydrogens (tertiary/aromatic N) is 5. The zero-order valence-electron chi connectivity index (χ0n) is 12.9. The highest BCUT2D eigenvalue weighted by atomic mass is 35.5. The van der Waals surface area contributed by atoms with Crippen molar-refractivity contribution in [1.29, 1.82) is 0 Å². The Morgan fingerprint density at radius 3 is 2.68 bits per heavy atom. The summed E-state index contributed by atoms with van der Waals surface area (Å²) in [5.74, 6) is 0.715. The van der Waals surface area contributed by atoms with Crippen LogP contribution in [0.1, 0.15) is 16.3 Å². The number of carbonyl (C=O) groups is 1. The molecule has 0 bridgehead atoms. The standard InChI is InChI=1S/C15H11ClN6O3/c1-9-17-6-7-21(9)14-5-4-12(19-20-14)15(23)18-10-2-3-11(16)13(8-10)22(24)25/h2-8H,1H3,(H,18,23). The van der Waals surface area contributed by atoms with Crippen molar-refractivity contribution in [2.24, 2.45) is 0 Å². The Balaban J connectivity index is 1.79. The Kier molecular flexibility index (Phi) is 4.40. The van der Waals surface area contributed by atoms with E-state index in [9.17, 15) is 14.9 Å². The van der Waals surface area contributed by atoms with Gasteiger partial charge < -0.3 is 5.32 Å². The summed E-state index contributed by atoms with van der Waals surface area (Å²) in [7, 11) is 0. The third-order valence-corrected chi connectivity index (χ3v) is 3.68. The van der Waals surface area contributed by atoms with Crippen LogP contribution in [0.5, 0.6) is 0 Å². The van der Waals surface area contributed by atoms with Crippen molar-refractivity contribution >= 4 is 28.9 Å². The van der Waals surface area contributed by atoms with Crippen LogP contribution < -0.4 is 5.32 Å². The van der Waals surface area contributed by atoms with Crippen LogP contribution in [0.3, 0.4) is 0 Å². The molecule has 0 unspecified atom stereocenters. The van der Waals surface area contributed by atoms with Crippen molar-refractivity contribution in [1.82, 2.24) is 19.7 Å². The van der Waals surface area contributed by atoms with Gasteiger partial charge in [-0.1, -0.05) is 11.6 Å². The van der Waals surface area contributed by atoms with Gasteiger partial charge >= 0.3 is 0 Å². The average Bonchev–Trinajstić information content (AvgIpc) is 3.02. The summed E-state index contributed by atoms with van der Waals surface area (Å²) in [4.78, 5) is 26.6. The number of aryl methyl sites for hydroxylation is 1. The first-order chi connectivity index (χ1) is 12.0. The van der Waals surface area contributed by atoms with Crippen LogP contribution in [0, 0.1) is 17.0 Å². The van der Waals surface area contributed by atoms with Gasteiger partial charge in [0.25, 0.3) is 11.6 Å². The maximum atomic E-state index is 12.2. The van der Waals surface area contributed by atoms with Gasteiger partial charge in [0.15, 0.2) is 11.5 Å². The maximum Gasteiger partial charge on any atom is 0.289 e. The number of nitro benzene ring substituents is 1. The topological polar surface area (TPSA) is 116 Å². The second-order valence-corrected chi connectivity index (χ2v) is 5.41. The zero-order chi connectivity index (χ0) is 18.0. The predicted octanol–water partition coefficient (Wildman–Crippen LogP) is 2.78. The SMILES string of the molecule is Cc1nccn1-c1ccc(C(=O)Nc2ccc(Cl)c([N+](=O)[O-])c2)nn1. The molecule has 1 amide bonds. The summed E-state index contributed by atoms with van der Waals surface area (Å²) >= 11 is 5.74. The molecule has 1 N–H and O–H groups in total. The van der Waals surface area contributed by atoms with Crippen LogP contribution in [0.15, 0.2) is 42.7 Å². The molecular formula is C15H11ClN6O3. The zero-order valence-corrected chi connectivity index (χ0v) is 13.6. The average molecular weight is 359 g/mol. The third-order valence-electron chi connectivity index (χ3n) is 3.36. The van der Waals surface area contributed by atoms with E-state index in [1.165, 1.54) is 24.3 Å². The summed E-state index contributed by atoms with van der Waals surface area (Å²) in [5, 5.41) is 21.3. The van der Waals surface area contributed by atoms with E-state index in [4.69, 9.17) is 11.6 Å². The lowest BCUT2D eigenvalue weighted by atomic mass is 10.2. The highest BCUT2D eigenvalue weighted by Gasteiger charge is 2.15. The number of benzene rings is 1. The van der Waals surface area contributed by atoms with Crippen LogP contribution in [0.2, 0.25) is 5.02 Å². The van der Waals surface area contributed by atoms with Crippen LogP contribution in [0.25, 0.3) is 5.82 Å². The number of hydrogen-bond donors (Lipinski definition) is 1. The van der Waals surface area contributed by atoms with E-state index in [1.54, 1.807) is 23.0 Å². The fourth-order valence-corrected chi connectivity index (χ4v) is 2.31. The molecule has 0 aliphatic carbocycles. The number of carbonyl (C=O) groups excluding carboxylic acids is 1. The summed E-state index contributed by atoms with van der Waals surface area (Å²) in [6.45, 7) is 1.82. The van der Waals surface area contributed by atoms with Crippen LogP contribution >= 0.6 is 11.6 Å². The van der Waals surface area contributed by atoms with Gasteiger partial charge in [-0.25, -0.2) is 4.98 Å². The van der Waals surface area contributed by atoms with Crippen LogP contribution in [-0.2, 0) is 0 Å². The Bertz CT molecular complexity index is 954. The minimum Gasteiger partial charge on any atom is -0.320 e. The normalized spacial score (nSPS) is 10.5. The Labute approximate surface area is 146 Å². The molecule has 0 aliphatic rings. The van der Waals surface area contributed by atoms with E-state index in [0.717, 1.165) is 5.82 Å². The van der Waals surface area contributed by atoms with Gasteiger partial charge in [0.05, 0.1) is 4.92 Å². The molecule has 126 valence electrons. The molecule has 9 nitrogen and oxygen atoms in total. The first kappa shape index (κ1) is 16.5. The maximum absolute atomic E-state index is 12.2. The number of anilines is 1. The molecule has 25 heavy (non-hydrogen) atoms. The molecule has 2 heterocycles. The molecule has 0 atom stereocenters. The van der Waals surface area contributed by atoms with Crippen molar-refractivity contribution in [2.75, 3.05) is 5.32 Å². The lowest BCUT2D eigenvalue weighted by molar-refractivity contribution is -0.384. The fraction of sp³-hybridized carbons (Fsp3) is 0.0667. The molecule has 0 saturated heterocycles. The van der Waals surface area contributed by atoms with E-state index >= 15 is 0 Å². The van der Waals surface area contributed by atoms with Crippen molar-refractivity contribution in [3.63, 3.8) is 0 Å². The molecular weight excluding hydrogens is 348 g/mol. The van der Waals surface area contributed by atoms with E-state index in [2.05, 4.69) is 20.5 Å². The first-order valence-electron chi connectivity index (χ1n) is 7.05. The summed E-state index contributed by atoms with van der Waals surface area (Å²) in [6.07, 6.45) is 3.36. The monoisotopic (exact) mass is 358 g/mol. The summed E-state index contributed by atoms with van der Waals surface area (Å²) in [5.41, 5.74) is 0.00744. The van der Waals surface area contributed by atoms with Gasteiger partial charge in [0, 0.05) is 24.1 Å². The predicted molar refractivity (Wildman–Crippen MR) is 90.0 cm³/mol. The Morgan fingerprint density at radius 2 is 2.08 bits per heavy atom. The van der Waals surface area contributed by atoms with Gasteiger partial charge in [0.2, 0.25) is 0 Å². The highest BCUT2D eigenvalue weighted by Crippen LogP contribution is 2.27. The summed E-state index contributed by atoms with van der Waals surface area (Å²) in [6, 6.07) is 7.11. The largest absolute Gasteiger partial charge is 0.320 e.